The summed E-state index contributed by atoms with van der Waals surface area (Å²) in [5.74, 6) is 1.52. The zero-order valence-electron chi connectivity index (χ0n) is 8.41. The predicted octanol–water partition coefficient (Wildman–Crippen LogP) is 2.42. The molecule has 1 aliphatic heterocycles. The second-order valence-electron chi connectivity index (χ2n) is 3.66. The van der Waals surface area contributed by atoms with Gasteiger partial charge in [0.15, 0.2) is 0 Å². The van der Waals surface area contributed by atoms with Crippen LogP contribution in [0.15, 0.2) is 12.3 Å². The van der Waals surface area contributed by atoms with Gasteiger partial charge in [-0.3, -0.25) is 0 Å². The van der Waals surface area contributed by atoms with Crippen LogP contribution in [0.2, 0.25) is 5.02 Å². The molecule has 5 heteroatoms. The first-order valence-corrected chi connectivity index (χ1v) is 6.22. The highest BCUT2D eigenvalue weighted by Gasteiger charge is 2.29. The van der Waals surface area contributed by atoms with Gasteiger partial charge in [-0.05, 0) is 28.7 Å². The molecule has 0 radical (unpaired) electrons. The lowest BCUT2D eigenvalue weighted by molar-refractivity contribution is 0.137. The Bertz CT molecular complexity index is 355. The fourth-order valence-corrected chi connectivity index (χ4v) is 2.35. The molecule has 0 unspecified atom stereocenters. The first-order chi connectivity index (χ1) is 7.22. The van der Waals surface area contributed by atoms with Gasteiger partial charge in [0.25, 0.3) is 0 Å². The lowest BCUT2D eigenvalue weighted by Crippen LogP contribution is -2.49. The average molecular weight is 339 g/mol. The number of methoxy groups -OCH3 is 1. The zero-order valence-corrected chi connectivity index (χ0v) is 11.3. The summed E-state index contributed by atoms with van der Waals surface area (Å²) in [5.41, 5.74) is 0. The van der Waals surface area contributed by atoms with Crippen molar-refractivity contribution >= 4 is 40.0 Å². The van der Waals surface area contributed by atoms with Gasteiger partial charge in [0.05, 0.1) is 11.6 Å². The molecule has 0 amide bonds. The second kappa shape index (κ2) is 4.84. The topological polar surface area (TPSA) is 25.4 Å². The fraction of sp³-hybridized carbons (Fsp3) is 0.500. The maximum Gasteiger partial charge on any atom is 0.148 e. The molecule has 1 fully saturated rings. The van der Waals surface area contributed by atoms with Crippen molar-refractivity contribution in [2.24, 2.45) is 5.92 Å². The molecule has 0 aliphatic carbocycles. The van der Waals surface area contributed by atoms with E-state index in [1.807, 2.05) is 6.07 Å². The van der Waals surface area contributed by atoms with Crippen molar-refractivity contribution < 1.29 is 4.74 Å². The standard InChI is InChI=1S/C10H12ClIN2O/c1-15-6-7-4-14(5-7)10-9(11)8(12)2-3-13-10/h2-3,7H,4-6H2,1H3. The van der Waals surface area contributed by atoms with E-state index in [0.717, 1.165) is 34.1 Å². The van der Waals surface area contributed by atoms with Gasteiger partial charge in [-0.15, -0.1) is 0 Å². The van der Waals surface area contributed by atoms with Gasteiger partial charge in [-0.1, -0.05) is 11.6 Å². The number of nitrogens with zero attached hydrogens (tertiary/aromatic N) is 2. The first kappa shape index (κ1) is 11.4. The fourth-order valence-electron chi connectivity index (χ4n) is 1.71. The Morgan fingerprint density at radius 1 is 1.67 bits per heavy atom. The minimum absolute atomic E-state index is 0.616. The molecule has 0 atom stereocenters. The van der Waals surface area contributed by atoms with Crippen molar-refractivity contribution in [2.75, 3.05) is 31.7 Å². The van der Waals surface area contributed by atoms with E-state index in [1.54, 1.807) is 13.3 Å². The Balaban J connectivity index is 2.04. The molecular weight excluding hydrogens is 326 g/mol. The smallest absolute Gasteiger partial charge is 0.148 e. The number of aromatic nitrogens is 1. The summed E-state index contributed by atoms with van der Waals surface area (Å²) in [5, 5.41) is 0.758. The molecule has 0 bridgehead atoms. The molecule has 2 heterocycles. The molecule has 82 valence electrons. The van der Waals surface area contributed by atoms with Gasteiger partial charge < -0.3 is 9.64 Å². The second-order valence-corrected chi connectivity index (χ2v) is 5.20. The first-order valence-electron chi connectivity index (χ1n) is 4.76. The van der Waals surface area contributed by atoms with Gasteiger partial charge in [-0.25, -0.2) is 4.98 Å². The van der Waals surface area contributed by atoms with E-state index in [9.17, 15) is 0 Å². The highest BCUT2D eigenvalue weighted by Crippen LogP contribution is 2.32. The number of pyridine rings is 1. The van der Waals surface area contributed by atoms with Crippen molar-refractivity contribution in [3.05, 3.63) is 20.9 Å². The normalized spacial score (nSPS) is 16.6. The summed E-state index contributed by atoms with van der Waals surface area (Å²) < 4.78 is 6.15. The maximum absolute atomic E-state index is 6.18. The third kappa shape index (κ3) is 2.37. The van der Waals surface area contributed by atoms with E-state index in [1.165, 1.54) is 0 Å². The molecule has 2 rings (SSSR count). The lowest BCUT2D eigenvalue weighted by Gasteiger charge is -2.40. The van der Waals surface area contributed by atoms with Crippen molar-refractivity contribution in [1.29, 1.82) is 0 Å². The highest BCUT2D eigenvalue weighted by atomic mass is 127. The summed E-state index contributed by atoms with van der Waals surface area (Å²) in [7, 11) is 1.74. The van der Waals surface area contributed by atoms with Gasteiger partial charge in [0.2, 0.25) is 0 Å². The molecule has 0 spiro atoms. The van der Waals surface area contributed by atoms with Crippen LogP contribution in [0.5, 0.6) is 0 Å². The van der Waals surface area contributed by atoms with Crippen LogP contribution in [0.4, 0.5) is 5.82 Å². The van der Waals surface area contributed by atoms with Crippen LogP contribution >= 0.6 is 34.2 Å². The van der Waals surface area contributed by atoms with E-state index < -0.39 is 0 Å². The predicted molar refractivity (Wildman–Crippen MR) is 69.5 cm³/mol. The molecule has 1 aliphatic rings. The molecule has 1 aromatic rings. The molecule has 0 N–H and O–H groups in total. The summed E-state index contributed by atoms with van der Waals surface area (Å²) in [4.78, 5) is 6.49. The van der Waals surface area contributed by atoms with E-state index in [0.29, 0.717) is 5.92 Å². The number of rotatable bonds is 3. The summed E-state index contributed by atoms with van der Waals surface area (Å²) >= 11 is 8.40. The molecular formula is C10H12ClIN2O. The Morgan fingerprint density at radius 3 is 3.07 bits per heavy atom. The Morgan fingerprint density at radius 2 is 2.40 bits per heavy atom. The number of halogens is 2. The van der Waals surface area contributed by atoms with Crippen LogP contribution < -0.4 is 4.90 Å². The Kier molecular flexibility index (Phi) is 3.69. The Hall–Kier alpha value is -0.0700. The highest BCUT2D eigenvalue weighted by molar-refractivity contribution is 14.1. The van der Waals surface area contributed by atoms with Crippen molar-refractivity contribution in [3.63, 3.8) is 0 Å². The number of ether oxygens (including phenoxy) is 1. The quantitative estimate of drug-likeness (QED) is 0.792. The van der Waals surface area contributed by atoms with Crippen molar-refractivity contribution in [1.82, 2.24) is 4.98 Å². The van der Waals surface area contributed by atoms with Crippen LogP contribution in [-0.2, 0) is 4.74 Å². The maximum atomic E-state index is 6.18. The van der Waals surface area contributed by atoms with Gasteiger partial charge in [0.1, 0.15) is 5.82 Å². The Labute approximate surface area is 108 Å². The SMILES string of the molecule is COCC1CN(c2nccc(I)c2Cl)C1. The number of hydrogen-bond acceptors (Lipinski definition) is 3. The van der Waals surface area contributed by atoms with Crippen LogP contribution in [0, 0.1) is 9.49 Å². The minimum Gasteiger partial charge on any atom is -0.384 e. The van der Waals surface area contributed by atoms with Crippen LogP contribution in [0.1, 0.15) is 0 Å². The van der Waals surface area contributed by atoms with E-state index in [-0.39, 0.29) is 0 Å². The van der Waals surface area contributed by atoms with E-state index in [4.69, 9.17) is 16.3 Å². The summed E-state index contributed by atoms with van der Waals surface area (Å²) in [6.45, 7) is 2.79. The number of anilines is 1. The van der Waals surface area contributed by atoms with Gasteiger partial charge in [-0.2, -0.15) is 0 Å². The monoisotopic (exact) mass is 338 g/mol. The van der Waals surface area contributed by atoms with Crippen molar-refractivity contribution in [3.8, 4) is 0 Å². The summed E-state index contributed by atoms with van der Waals surface area (Å²) in [6.07, 6.45) is 1.80. The molecule has 3 nitrogen and oxygen atoms in total. The molecule has 15 heavy (non-hydrogen) atoms. The van der Waals surface area contributed by atoms with Gasteiger partial charge in [0, 0.05) is 35.9 Å². The van der Waals surface area contributed by atoms with Crippen LogP contribution in [-0.4, -0.2) is 31.8 Å². The van der Waals surface area contributed by atoms with E-state index in [2.05, 4.69) is 32.5 Å². The third-order valence-corrected chi connectivity index (χ3v) is 4.07. The molecule has 0 saturated carbocycles. The molecule has 1 saturated heterocycles. The van der Waals surface area contributed by atoms with Crippen LogP contribution in [0.3, 0.4) is 0 Å². The average Bonchev–Trinajstić information content (AvgIpc) is 2.16. The zero-order chi connectivity index (χ0) is 10.8. The van der Waals surface area contributed by atoms with Crippen LogP contribution in [0.25, 0.3) is 0 Å². The lowest BCUT2D eigenvalue weighted by atomic mass is 10.0. The minimum atomic E-state index is 0.616. The molecule has 0 aromatic carbocycles. The third-order valence-electron chi connectivity index (χ3n) is 2.48. The van der Waals surface area contributed by atoms with Gasteiger partial charge >= 0.3 is 0 Å². The molecule has 1 aromatic heterocycles. The van der Waals surface area contributed by atoms with Crippen molar-refractivity contribution in [2.45, 2.75) is 0 Å². The van der Waals surface area contributed by atoms with E-state index >= 15 is 0 Å². The number of hydrogen-bond donors (Lipinski definition) is 0. The summed E-state index contributed by atoms with van der Waals surface area (Å²) in [6, 6.07) is 1.92. The largest absolute Gasteiger partial charge is 0.384 e.